The van der Waals surface area contributed by atoms with Crippen LogP contribution in [0.15, 0.2) is 72.9 Å². The molecular formula is C74H137N2O7P. The van der Waals surface area contributed by atoms with Gasteiger partial charge < -0.3 is 28.5 Å². The average Bonchev–Trinajstić information content (AvgIpc) is 3.64. The monoisotopic (exact) mass is 1200 g/mol. The van der Waals surface area contributed by atoms with Crippen molar-refractivity contribution in [2.24, 2.45) is 0 Å². The van der Waals surface area contributed by atoms with Gasteiger partial charge in [0.1, 0.15) is 19.3 Å². The van der Waals surface area contributed by atoms with Crippen LogP contribution < -0.4 is 10.2 Å². The minimum atomic E-state index is -4.71. The molecule has 3 unspecified atom stereocenters. The van der Waals surface area contributed by atoms with Crippen molar-refractivity contribution in [1.29, 1.82) is 0 Å². The molecular weight excluding hydrogens is 1060 g/mol. The summed E-state index contributed by atoms with van der Waals surface area (Å²) in [6.45, 7) is 6.74. The van der Waals surface area contributed by atoms with Crippen LogP contribution in [0.1, 0.15) is 335 Å². The highest BCUT2D eigenvalue weighted by molar-refractivity contribution is 7.45. The summed E-state index contributed by atoms with van der Waals surface area (Å²) in [7, 11) is 1.17. The predicted molar refractivity (Wildman–Crippen MR) is 362 cm³/mol. The van der Waals surface area contributed by atoms with Gasteiger partial charge in [0, 0.05) is 12.8 Å². The molecule has 0 radical (unpaired) electrons. The van der Waals surface area contributed by atoms with E-state index >= 15 is 0 Å². The van der Waals surface area contributed by atoms with E-state index in [1.807, 2.05) is 33.3 Å². The minimum absolute atomic E-state index is 0.0300. The summed E-state index contributed by atoms with van der Waals surface area (Å²) < 4.78 is 30.4. The maximum atomic E-state index is 13.6. The lowest BCUT2D eigenvalue weighted by Crippen LogP contribution is -2.47. The largest absolute Gasteiger partial charge is 0.756 e. The number of carbonyl (C=O) groups is 2. The summed E-state index contributed by atoms with van der Waals surface area (Å²) in [6, 6.07) is -0.908. The molecule has 0 bridgehead atoms. The van der Waals surface area contributed by atoms with E-state index in [0.29, 0.717) is 17.4 Å². The fraction of sp³-hybridized carbons (Fsp3) is 0.811. The maximum absolute atomic E-state index is 13.6. The summed E-state index contributed by atoms with van der Waals surface area (Å²) in [5.41, 5.74) is 0. The van der Waals surface area contributed by atoms with Crippen LogP contribution in [0, 0.1) is 0 Å². The molecule has 0 saturated carbocycles. The second-order valence-electron chi connectivity index (χ2n) is 25.4. The van der Waals surface area contributed by atoms with E-state index in [1.54, 1.807) is 0 Å². The first-order valence-electron chi connectivity index (χ1n) is 35.7. The summed E-state index contributed by atoms with van der Waals surface area (Å²) in [5, 5.41) is 3.02. The van der Waals surface area contributed by atoms with Gasteiger partial charge in [-0.05, 0) is 76.7 Å². The number of hydrogen-bond acceptors (Lipinski definition) is 7. The van der Waals surface area contributed by atoms with Crippen LogP contribution in [0.3, 0.4) is 0 Å². The van der Waals surface area contributed by atoms with Crippen molar-refractivity contribution in [3.05, 3.63) is 72.9 Å². The van der Waals surface area contributed by atoms with E-state index in [1.165, 1.54) is 205 Å². The highest BCUT2D eigenvalue weighted by atomic mass is 31.2. The van der Waals surface area contributed by atoms with E-state index in [9.17, 15) is 19.0 Å². The number of nitrogens with one attached hydrogen (secondary N) is 1. The number of phosphoric ester groups is 1. The quantitative estimate of drug-likeness (QED) is 0.0212. The van der Waals surface area contributed by atoms with Crippen LogP contribution in [0.4, 0.5) is 0 Å². The van der Waals surface area contributed by atoms with Gasteiger partial charge in [-0.1, -0.05) is 319 Å². The van der Waals surface area contributed by atoms with Crippen molar-refractivity contribution in [3.8, 4) is 0 Å². The Bertz CT molecular complexity index is 1670. The highest BCUT2D eigenvalue weighted by Gasteiger charge is 2.27. The van der Waals surface area contributed by atoms with Crippen LogP contribution in [0.2, 0.25) is 0 Å². The number of rotatable bonds is 65. The van der Waals surface area contributed by atoms with Crippen molar-refractivity contribution in [2.75, 3.05) is 40.9 Å². The molecule has 0 aromatic heterocycles. The lowest BCUT2D eigenvalue weighted by molar-refractivity contribution is -0.870. The average molecular weight is 1200 g/mol. The topological polar surface area (TPSA) is 114 Å². The first-order valence-corrected chi connectivity index (χ1v) is 37.2. The van der Waals surface area contributed by atoms with Crippen LogP contribution in [0.5, 0.6) is 0 Å². The number of amides is 1. The molecule has 1 N–H and O–H groups in total. The molecule has 1 amide bonds. The van der Waals surface area contributed by atoms with E-state index < -0.39 is 26.6 Å². The standard InChI is InChI=1S/C74H137N2O7P/c1-7-10-13-16-19-22-25-28-30-32-34-35-36-37-38-39-40-41-43-45-47-49-52-55-58-61-64-67-74(78)83-72(65-62-59-56-53-50-27-24-21-18-15-12-9-3)71(70-82-84(79,80)81-69-68-76(4,5)6)75-73(77)66-63-60-57-54-51-48-46-44-42-33-31-29-26-23-20-17-14-11-8-2/h11,14,20,23,29,31,42,44,48,51,62,65,71-72H,7-10,12-13,15-19,21-22,24-28,30,32-41,43,45-47,49-50,52-61,63-64,66-70H2,1-6H3,(H-,75,77,79,80)/b14-11-,23-20-,31-29-,44-42-,51-48-,65-62-. The van der Waals surface area contributed by atoms with Gasteiger partial charge in [0.2, 0.25) is 5.91 Å². The Hall–Kier alpha value is -2.55. The number of quaternary nitrogens is 1. The van der Waals surface area contributed by atoms with E-state index in [2.05, 4.69) is 86.8 Å². The molecule has 0 spiro atoms. The normalized spacial score (nSPS) is 13.9. The Morgan fingerprint density at radius 2 is 0.762 bits per heavy atom. The minimum Gasteiger partial charge on any atom is -0.756 e. The van der Waals surface area contributed by atoms with E-state index in [-0.39, 0.29) is 31.3 Å². The Kier molecular flexibility index (Phi) is 61.5. The van der Waals surface area contributed by atoms with Gasteiger partial charge in [-0.3, -0.25) is 14.2 Å². The fourth-order valence-electron chi connectivity index (χ4n) is 10.4. The van der Waals surface area contributed by atoms with E-state index in [4.69, 9.17) is 13.8 Å². The second kappa shape index (κ2) is 63.5. The van der Waals surface area contributed by atoms with Crippen LogP contribution in [-0.4, -0.2) is 69.4 Å². The zero-order valence-electron chi connectivity index (χ0n) is 56.1. The molecule has 0 aliphatic heterocycles. The van der Waals surface area contributed by atoms with Crippen molar-refractivity contribution in [1.82, 2.24) is 5.32 Å². The molecule has 0 heterocycles. The van der Waals surface area contributed by atoms with Crippen molar-refractivity contribution in [3.63, 3.8) is 0 Å². The first-order chi connectivity index (χ1) is 40.9. The lowest BCUT2D eigenvalue weighted by atomic mass is 10.0. The fourth-order valence-corrected chi connectivity index (χ4v) is 11.2. The van der Waals surface area contributed by atoms with Gasteiger partial charge in [-0.25, -0.2) is 0 Å². The van der Waals surface area contributed by atoms with Gasteiger partial charge in [0.25, 0.3) is 7.82 Å². The molecule has 0 saturated heterocycles. The molecule has 0 rings (SSSR count). The van der Waals surface area contributed by atoms with Gasteiger partial charge >= 0.3 is 5.97 Å². The maximum Gasteiger partial charge on any atom is 0.306 e. The first kappa shape index (κ1) is 81.5. The third-order valence-electron chi connectivity index (χ3n) is 15.9. The highest BCUT2D eigenvalue weighted by Crippen LogP contribution is 2.38. The van der Waals surface area contributed by atoms with Crippen LogP contribution >= 0.6 is 7.82 Å². The number of nitrogens with zero attached hydrogens (tertiary/aromatic N) is 1. The number of hydrogen-bond donors (Lipinski definition) is 1. The van der Waals surface area contributed by atoms with Crippen LogP contribution in [0.25, 0.3) is 0 Å². The molecule has 0 fully saturated rings. The van der Waals surface area contributed by atoms with Gasteiger partial charge in [-0.2, -0.15) is 0 Å². The number of likely N-dealkylation sites (N-methyl/N-ethyl adjacent to an activating group) is 1. The van der Waals surface area contributed by atoms with E-state index in [0.717, 1.165) is 89.9 Å². The summed E-state index contributed by atoms with van der Waals surface area (Å²) in [4.78, 5) is 40.1. The van der Waals surface area contributed by atoms with Crippen LogP contribution in [-0.2, 0) is 27.9 Å². The number of esters is 1. The Morgan fingerprint density at radius 3 is 1.15 bits per heavy atom. The second-order valence-corrected chi connectivity index (χ2v) is 26.8. The molecule has 490 valence electrons. The van der Waals surface area contributed by atoms with Crippen molar-refractivity contribution < 1.29 is 37.3 Å². The molecule has 84 heavy (non-hydrogen) atoms. The van der Waals surface area contributed by atoms with Gasteiger partial charge in [-0.15, -0.1) is 0 Å². The van der Waals surface area contributed by atoms with Gasteiger partial charge in [0.05, 0.1) is 33.8 Å². The third-order valence-corrected chi connectivity index (χ3v) is 16.9. The predicted octanol–water partition coefficient (Wildman–Crippen LogP) is 22.1. The lowest BCUT2D eigenvalue weighted by Gasteiger charge is -2.30. The molecule has 0 aromatic carbocycles. The SMILES string of the molecule is CC/C=C\C/C=C\C/C=C\C/C=C\C/C=C\CCCCCC(=O)NC(COP(=O)([O-])OCC[N+](C)(C)C)C(/C=C\CCCCCCCCCCCC)OC(=O)CCCCCCCCCCCCCCCCCCCCCCCCCCCCC. The number of carbonyl (C=O) groups excluding carboxylic acids is 2. The summed E-state index contributed by atoms with van der Waals surface area (Å²) >= 11 is 0. The Morgan fingerprint density at radius 1 is 0.429 bits per heavy atom. The molecule has 10 heteroatoms. The molecule has 3 atom stereocenters. The zero-order chi connectivity index (χ0) is 61.4. The van der Waals surface area contributed by atoms with Crippen molar-refractivity contribution >= 4 is 19.7 Å². The Balaban J connectivity index is 5.04. The Labute approximate surface area is 521 Å². The molecule has 0 aromatic rings. The number of phosphoric acid groups is 1. The molecule has 9 nitrogen and oxygen atoms in total. The number of ether oxygens (including phenoxy) is 1. The molecule has 0 aliphatic rings. The van der Waals surface area contributed by atoms with Gasteiger partial charge in [0.15, 0.2) is 0 Å². The molecule has 0 aliphatic carbocycles. The number of allylic oxidation sites excluding steroid dienone is 11. The number of unbranched alkanes of at least 4 members (excludes halogenated alkanes) is 39. The summed E-state index contributed by atoms with van der Waals surface area (Å²) in [6.07, 6.45) is 83.3. The zero-order valence-corrected chi connectivity index (χ0v) is 57.0. The third kappa shape index (κ3) is 63.9. The van der Waals surface area contributed by atoms with Crippen molar-refractivity contribution in [2.45, 2.75) is 348 Å². The smallest absolute Gasteiger partial charge is 0.306 e. The summed E-state index contributed by atoms with van der Waals surface area (Å²) in [5.74, 6) is -0.568.